The first-order chi connectivity index (χ1) is 15.4. The van der Waals surface area contributed by atoms with E-state index in [2.05, 4.69) is 26.9 Å². The van der Waals surface area contributed by atoms with Gasteiger partial charge in [-0.2, -0.15) is 0 Å². The zero-order valence-corrected chi connectivity index (χ0v) is 20.0. The van der Waals surface area contributed by atoms with E-state index in [1.807, 2.05) is 6.07 Å². The monoisotopic (exact) mass is 498 g/mol. The molecule has 1 aromatic carbocycles. The minimum absolute atomic E-state index is 0.296. The molecule has 1 aliphatic heterocycles. The lowest BCUT2D eigenvalue weighted by Crippen LogP contribution is -2.16. The van der Waals surface area contributed by atoms with Gasteiger partial charge in [-0.15, -0.1) is 10.2 Å². The fourth-order valence-electron chi connectivity index (χ4n) is 3.22. The van der Waals surface area contributed by atoms with E-state index in [4.69, 9.17) is 21.8 Å². The van der Waals surface area contributed by atoms with E-state index in [1.54, 1.807) is 23.1 Å². The number of hydrogen-bond donors (Lipinski definition) is 4. The molecule has 1 aliphatic carbocycles. The molecular weight excluding hydrogens is 472 g/mol. The average molecular weight is 499 g/mol. The van der Waals surface area contributed by atoms with Crippen LogP contribution in [0, 0.1) is 5.92 Å². The molecule has 1 saturated carbocycles. The van der Waals surface area contributed by atoms with Gasteiger partial charge >= 0.3 is 11.9 Å². The SMILES string of the molecule is Clc1ccc2c(c1CSc1nnc(NCC3CC3)s1)CCNCC2.O=C(O)CCC(=O)O. The Bertz CT molecular complexity index is 923. The van der Waals surface area contributed by atoms with Gasteiger partial charge in [0.1, 0.15) is 0 Å². The molecule has 2 aromatic rings. The fraction of sp³-hybridized carbons (Fsp3) is 0.524. The van der Waals surface area contributed by atoms with Crippen LogP contribution in [-0.4, -0.2) is 52.0 Å². The Morgan fingerprint density at radius 2 is 1.88 bits per heavy atom. The van der Waals surface area contributed by atoms with Gasteiger partial charge in [-0.25, -0.2) is 0 Å². The van der Waals surface area contributed by atoms with Crippen LogP contribution in [-0.2, 0) is 28.2 Å². The predicted molar refractivity (Wildman–Crippen MR) is 127 cm³/mol. The molecular formula is C21H27ClN4O4S2. The number of aliphatic carboxylic acids is 2. The first-order valence-corrected chi connectivity index (χ1v) is 12.7. The lowest BCUT2D eigenvalue weighted by atomic mass is 9.98. The van der Waals surface area contributed by atoms with Crippen LogP contribution in [0.2, 0.25) is 5.02 Å². The largest absolute Gasteiger partial charge is 0.481 e. The van der Waals surface area contributed by atoms with Crippen molar-refractivity contribution in [1.29, 1.82) is 0 Å². The van der Waals surface area contributed by atoms with Crippen LogP contribution in [0.3, 0.4) is 0 Å². The Morgan fingerprint density at radius 3 is 2.56 bits per heavy atom. The Hall–Kier alpha value is -1.88. The molecule has 0 atom stereocenters. The Balaban J connectivity index is 0.000000312. The summed E-state index contributed by atoms with van der Waals surface area (Å²) in [6.07, 6.45) is 4.23. The highest BCUT2D eigenvalue weighted by Crippen LogP contribution is 2.35. The number of anilines is 1. The molecule has 8 nitrogen and oxygen atoms in total. The molecule has 174 valence electrons. The van der Waals surface area contributed by atoms with Gasteiger partial charge in [0.15, 0.2) is 4.34 Å². The maximum absolute atomic E-state index is 9.64. The first-order valence-electron chi connectivity index (χ1n) is 10.6. The summed E-state index contributed by atoms with van der Waals surface area (Å²) in [5, 5.41) is 33.0. The number of nitrogens with one attached hydrogen (secondary N) is 2. The van der Waals surface area contributed by atoms with Crippen LogP contribution in [0.5, 0.6) is 0 Å². The van der Waals surface area contributed by atoms with Crippen molar-refractivity contribution in [3.63, 3.8) is 0 Å². The van der Waals surface area contributed by atoms with Crippen molar-refractivity contribution in [2.75, 3.05) is 25.0 Å². The zero-order chi connectivity index (χ0) is 22.9. The summed E-state index contributed by atoms with van der Waals surface area (Å²) in [4.78, 5) is 19.3. The number of nitrogens with zero attached hydrogens (tertiary/aromatic N) is 2. The smallest absolute Gasteiger partial charge is 0.303 e. The quantitative estimate of drug-likeness (QED) is 0.380. The van der Waals surface area contributed by atoms with Crippen LogP contribution in [0.4, 0.5) is 5.13 Å². The second-order valence-electron chi connectivity index (χ2n) is 7.69. The highest BCUT2D eigenvalue weighted by Gasteiger charge is 2.21. The number of carboxylic acids is 2. The number of hydrogen-bond acceptors (Lipinski definition) is 8. The average Bonchev–Trinajstić information content (AvgIpc) is 3.53. The Kier molecular flexibility index (Phi) is 9.58. The molecule has 0 radical (unpaired) electrons. The maximum atomic E-state index is 9.64. The molecule has 0 saturated heterocycles. The third-order valence-corrected chi connectivity index (χ3v) is 7.53. The molecule has 0 bridgehead atoms. The first kappa shape index (κ1) is 24.8. The van der Waals surface area contributed by atoms with Crippen molar-refractivity contribution in [3.05, 3.63) is 33.8 Å². The van der Waals surface area contributed by atoms with Gasteiger partial charge < -0.3 is 20.8 Å². The van der Waals surface area contributed by atoms with E-state index in [9.17, 15) is 9.59 Å². The molecule has 1 fully saturated rings. The van der Waals surface area contributed by atoms with Crippen molar-refractivity contribution >= 4 is 51.8 Å². The molecule has 11 heteroatoms. The summed E-state index contributed by atoms with van der Waals surface area (Å²) < 4.78 is 1.01. The molecule has 1 aromatic heterocycles. The fourth-order valence-corrected chi connectivity index (χ4v) is 5.37. The van der Waals surface area contributed by atoms with Crippen LogP contribution in [0.25, 0.3) is 0 Å². The lowest BCUT2D eigenvalue weighted by molar-refractivity contribution is -0.143. The summed E-state index contributed by atoms with van der Waals surface area (Å²) in [5.41, 5.74) is 4.13. The van der Waals surface area contributed by atoms with E-state index < -0.39 is 11.9 Å². The van der Waals surface area contributed by atoms with Gasteiger partial charge in [-0.1, -0.05) is 40.8 Å². The number of rotatable bonds is 9. The highest BCUT2D eigenvalue weighted by atomic mass is 35.5. The third kappa shape index (κ3) is 8.23. The molecule has 0 unspecified atom stereocenters. The van der Waals surface area contributed by atoms with E-state index in [0.29, 0.717) is 0 Å². The van der Waals surface area contributed by atoms with E-state index >= 15 is 0 Å². The summed E-state index contributed by atoms with van der Waals surface area (Å²) in [5.74, 6) is -0.448. The molecule has 4 rings (SSSR count). The number of halogens is 1. The van der Waals surface area contributed by atoms with Crippen LogP contribution < -0.4 is 10.6 Å². The zero-order valence-electron chi connectivity index (χ0n) is 17.6. The third-order valence-electron chi connectivity index (χ3n) is 5.13. The normalized spacial score (nSPS) is 15.2. The molecule has 0 spiro atoms. The maximum Gasteiger partial charge on any atom is 0.303 e. The van der Waals surface area contributed by atoms with Gasteiger partial charge in [-0.3, -0.25) is 9.59 Å². The number of carboxylic acid groups (broad SMARTS) is 2. The topological polar surface area (TPSA) is 124 Å². The summed E-state index contributed by atoms with van der Waals surface area (Å²) in [7, 11) is 0. The summed E-state index contributed by atoms with van der Waals surface area (Å²) >= 11 is 9.88. The minimum Gasteiger partial charge on any atom is -0.481 e. The number of carbonyl (C=O) groups is 2. The van der Waals surface area contributed by atoms with Crippen LogP contribution >= 0.6 is 34.7 Å². The molecule has 32 heavy (non-hydrogen) atoms. The summed E-state index contributed by atoms with van der Waals surface area (Å²) in [6, 6.07) is 4.23. The summed E-state index contributed by atoms with van der Waals surface area (Å²) in [6.45, 7) is 3.11. The number of thioether (sulfide) groups is 1. The standard InChI is InChI=1S/C17H21ClN4S2.C4H6O4/c18-15-4-3-12-5-7-19-8-6-13(12)14(15)10-23-17-22-21-16(24-17)20-9-11-1-2-11;5-3(6)1-2-4(7)8/h3-4,11,19H,1-2,5-10H2,(H,20,21);1-2H2,(H,5,6)(H,7,8). The van der Waals surface area contributed by atoms with Gasteiger partial charge in [0, 0.05) is 17.3 Å². The van der Waals surface area contributed by atoms with Gasteiger partial charge in [0.25, 0.3) is 0 Å². The van der Waals surface area contributed by atoms with Crippen molar-refractivity contribution < 1.29 is 19.8 Å². The minimum atomic E-state index is -1.08. The molecule has 2 heterocycles. The Morgan fingerprint density at radius 1 is 1.16 bits per heavy atom. The second-order valence-corrected chi connectivity index (χ2v) is 10.3. The van der Waals surface area contributed by atoms with E-state index in [1.165, 1.54) is 29.5 Å². The van der Waals surface area contributed by atoms with Gasteiger partial charge in [0.05, 0.1) is 12.8 Å². The Labute approximate surface area is 200 Å². The number of benzene rings is 1. The molecule has 0 amide bonds. The number of fused-ring (bicyclic) bond motifs is 1. The van der Waals surface area contributed by atoms with Crippen molar-refractivity contribution in [2.24, 2.45) is 5.92 Å². The van der Waals surface area contributed by atoms with Crippen molar-refractivity contribution in [1.82, 2.24) is 15.5 Å². The molecule has 4 N–H and O–H groups in total. The molecule has 2 aliphatic rings. The van der Waals surface area contributed by atoms with Crippen LogP contribution in [0.1, 0.15) is 42.4 Å². The van der Waals surface area contributed by atoms with Gasteiger partial charge in [0.2, 0.25) is 5.13 Å². The second kappa shape index (κ2) is 12.4. The van der Waals surface area contributed by atoms with E-state index in [0.717, 1.165) is 58.6 Å². The van der Waals surface area contributed by atoms with Crippen LogP contribution in [0.15, 0.2) is 16.5 Å². The van der Waals surface area contributed by atoms with Crippen molar-refractivity contribution in [3.8, 4) is 0 Å². The lowest BCUT2D eigenvalue weighted by Gasteiger charge is -2.13. The number of aromatic nitrogens is 2. The highest BCUT2D eigenvalue weighted by molar-refractivity contribution is 8.00. The predicted octanol–water partition coefficient (Wildman–Crippen LogP) is 3.93. The van der Waals surface area contributed by atoms with E-state index in [-0.39, 0.29) is 12.8 Å². The van der Waals surface area contributed by atoms with Gasteiger partial charge in [-0.05, 0) is 67.4 Å². The van der Waals surface area contributed by atoms with Crippen molar-refractivity contribution in [2.45, 2.75) is 48.6 Å².